The largest absolute Gasteiger partial charge is 0.435 e. The first-order valence-electron chi connectivity index (χ1n) is 7.55. The molecule has 0 radical (unpaired) electrons. The Morgan fingerprint density at radius 2 is 2.00 bits per heavy atom. The van der Waals surface area contributed by atoms with Crippen LogP contribution in [0.3, 0.4) is 0 Å². The number of likely N-dealkylation sites (tertiary alicyclic amines) is 2. The van der Waals surface area contributed by atoms with Crippen LogP contribution < -0.4 is 4.74 Å². The molecule has 0 N–H and O–H groups in total. The van der Waals surface area contributed by atoms with Crippen molar-refractivity contribution in [3.05, 3.63) is 29.8 Å². The van der Waals surface area contributed by atoms with Crippen LogP contribution in [0.5, 0.6) is 5.75 Å². The maximum atomic E-state index is 12.5. The third kappa shape index (κ3) is 3.13. The molecular formula is C16H18F2N2O3. The molecule has 0 saturated carbocycles. The zero-order valence-electron chi connectivity index (χ0n) is 12.7. The minimum absolute atomic E-state index is 0.0244. The van der Waals surface area contributed by atoms with Crippen molar-refractivity contribution in [2.24, 2.45) is 5.92 Å². The fraction of sp³-hybridized carbons (Fsp3) is 0.500. The highest BCUT2D eigenvalue weighted by atomic mass is 19.3. The molecular weight excluding hydrogens is 306 g/mol. The van der Waals surface area contributed by atoms with Gasteiger partial charge in [-0.15, -0.1) is 0 Å². The van der Waals surface area contributed by atoms with Crippen molar-refractivity contribution in [2.75, 3.05) is 20.1 Å². The molecule has 2 amide bonds. The Morgan fingerprint density at radius 3 is 2.65 bits per heavy atom. The smallest absolute Gasteiger partial charge is 0.387 e. The first kappa shape index (κ1) is 15.7. The van der Waals surface area contributed by atoms with Crippen molar-refractivity contribution in [3.8, 4) is 5.75 Å². The van der Waals surface area contributed by atoms with Crippen LogP contribution in [0.4, 0.5) is 8.78 Å². The molecule has 23 heavy (non-hydrogen) atoms. The van der Waals surface area contributed by atoms with Gasteiger partial charge in [0.1, 0.15) is 5.75 Å². The van der Waals surface area contributed by atoms with Crippen molar-refractivity contribution >= 4 is 11.8 Å². The average Bonchev–Trinajstić information content (AvgIpc) is 2.81. The Hall–Kier alpha value is -2.18. The van der Waals surface area contributed by atoms with Crippen LogP contribution in [0.2, 0.25) is 0 Å². The van der Waals surface area contributed by atoms with Gasteiger partial charge in [0.25, 0.3) is 5.91 Å². The SMILES string of the molecule is CN1C(=O)C[C@H]2CCN(C(=O)c3ccc(OC(F)F)cc3)C[C@H]21. The Kier molecular flexibility index (Phi) is 4.19. The van der Waals surface area contributed by atoms with Crippen LogP contribution in [0.25, 0.3) is 0 Å². The first-order chi connectivity index (χ1) is 11.0. The molecule has 2 saturated heterocycles. The second-order valence-electron chi connectivity index (χ2n) is 5.98. The lowest BCUT2D eigenvalue weighted by Gasteiger charge is -2.37. The highest BCUT2D eigenvalue weighted by Crippen LogP contribution is 2.32. The summed E-state index contributed by atoms with van der Waals surface area (Å²) in [5.74, 6) is 0.317. The number of halogens is 2. The maximum absolute atomic E-state index is 12.5. The van der Waals surface area contributed by atoms with E-state index in [4.69, 9.17) is 0 Å². The van der Waals surface area contributed by atoms with Crippen molar-refractivity contribution < 1.29 is 23.1 Å². The summed E-state index contributed by atoms with van der Waals surface area (Å²) in [6, 6.07) is 5.75. The number of hydrogen-bond donors (Lipinski definition) is 0. The molecule has 1 aromatic carbocycles. The number of benzene rings is 1. The molecule has 2 fully saturated rings. The van der Waals surface area contributed by atoms with Gasteiger partial charge in [-0.3, -0.25) is 9.59 Å². The van der Waals surface area contributed by atoms with E-state index in [2.05, 4.69) is 4.74 Å². The summed E-state index contributed by atoms with van der Waals surface area (Å²) in [5.41, 5.74) is 0.428. The fourth-order valence-corrected chi connectivity index (χ4v) is 3.36. The Balaban J connectivity index is 1.67. The quantitative estimate of drug-likeness (QED) is 0.854. The predicted molar refractivity (Wildman–Crippen MR) is 78.3 cm³/mol. The summed E-state index contributed by atoms with van der Waals surface area (Å²) in [6.07, 6.45) is 1.36. The summed E-state index contributed by atoms with van der Waals surface area (Å²) < 4.78 is 28.5. The maximum Gasteiger partial charge on any atom is 0.387 e. The van der Waals surface area contributed by atoms with Gasteiger partial charge in [-0.1, -0.05) is 0 Å². The van der Waals surface area contributed by atoms with Crippen LogP contribution >= 0.6 is 0 Å². The number of alkyl halides is 2. The molecule has 1 aromatic rings. The summed E-state index contributed by atoms with van der Waals surface area (Å²) in [4.78, 5) is 27.8. The van der Waals surface area contributed by atoms with Gasteiger partial charge in [0, 0.05) is 32.1 Å². The molecule has 2 heterocycles. The number of rotatable bonds is 3. The number of carbonyl (C=O) groups excluding carboxylic acids is 2. The van der Waals surface area contributed by atoms with E-state index >= 15 is 0 Å². The molecule has 2 atom stereocenters. The summed E-state index contributed by atoms with van der Waals surface area (Å²) in [6.45, 7) is -1.76. The minimum atomic E-state index is -2.88. The number of nitrogens with zero attached hydrogens (tertiary/aromatic N) is 2. The van der Waals surface area contributed by atoms with E-state index < -0.39 is 6.61 Å². The van der Waals surface area contributed by atoms with Gasteiger partial charge < -0.3 is 14.5 Å². The zero-order chi connectivity index (χ0) is 16.6. The van der Waals surface area contributed by atoms with Gasteiger partial charge in [-0.05, 0) is 36.6 Å². The zero-order valence-corrected chi connectivity index (χ0v) is 12.7. The van der Waals surface area contributed by atoms with E-state index in [1.54, 1.807) is 16.8 Å². The first-order valence-corrected chi connectivity index (χ1v) is 7.55. The molecule has 0 unspecified atom stereocenters. The van der Waals surface area contributed by atoms with E-state index in [9.17, 15) is 18.4 Å². The van der Waals surface area contributed by atoms with E-state index in [0.29, 0.717) is 31.0 Å². The number of amides is 2. The number of fused-ring (bicyclic) bond motifs is 1. The van der Waals surface area contributed by atoms with Gasteiger partial charge in [-0.2, -0.15) is 8.78 Å². The third-order valence-electron chi connectivity index (χ3n) is 4.66. The minimum Gasteiger partial charge on any atom is -0.435 e. The summed E-state index contributed by atoms with van der Waals surface area (Å²) in [5, 5.41) is 0. The van der Waals surface area contributed by atoms with Crippen LogP contribution in [0.1, 0.15) is 23.2 Å². The van der Waals surface area contributed by atoms with Gasteiger partial charge in [-0.25, -0.2) is 0 Å². The second kappa shape index (κ2) is 6.14. The molecule has 0 spiro atoms. The highest BCUT2D eigenvalue weighted by molar-refractivity contribution is 5.94. The monoisotopic (exact) mass is 324 g/mol. The van der Waals surface area contributed by atoms with E-state index in [0.717, 1.165) is 6.42 Å². The molecule has 124 valence electrons. The molecule has 5 nitrogen and oxygen atoms in total. The van der Waals surface area contributed by atoms with Gasteiger partial charge in [0.05, 0.1) is 6.04 Å². The molecule has 2 aliphatic heterocycles. The lowest BCUT2D eigenvalue weighted by atomic mass is 9.92. The number of ether oxygens (including phenoxy) is 1. The van der Waals surface area contributed by atoms with Gasteiger partial charge in [0.2, 0.25) is 5.91 Å². The third-order valence-corrected chi connectivity index (χ3v) is 4.66. The molecule has 0 bridgehead atoms. The number of piperidine rings is 1. The van der Waals surface area contributed by atoms with E-state index in [-0.39, 0.29) is 23.6 Å². The molecule has 0 aromatic heterocycles. The molecule has 2 aliphatic rings. The predicted octanol–water partition coefficient (Wildman–Crippen LogP) is 1.98. The lowest BCUT2D eigenvalue weighted by molar-refractivity contribution is -0.127. The number of likely N-dealkylation sites (N-methyl/N-ethyl adjacent to an activating group) is 1. The Morgan fingerprint density at radius 1 is 1.30 bits per heavy atom. The van der Waals surface area contributed by atoms with Crippen molar-refractivity contribution in [3.63, 3.8) is 0 Å². The van der Waals surface area contributed by atoms with Gasteiger partial charge in [0.15, 0.2) is 0 Å². The van der Waals surface area contributed by atoms with Crippen molar-refractivity contribution in [2.45, 2.75) is 25.5 Å². The van der Waals surface area contributed by atoms with Crippen LogP contribution in [-0.2, 0) is 4.79 Å². The number of carbonyl (C=O) groups is 2. The normalized spacial score (nSPS) is 24.1. The number of hydrogen-bond acceptors (Lipinski definition) is 3. The van der Waals surface area contributed by atoms with Crippen LogP contribution in [0.15, 0.2) is 24.3 Å². The summed E-state index contributed by atoms with van der Waals surface area (Å²) in [7, 11) is 1.78. The van der Waals surface area contributed by atoms with Crippen molar-refractivity contribution in [1.29, 1.82) is 0 Å². The lowest BCUT2D eigenvalue weighted by Crippen LogP contribution is -2.49. The van der Waals surface area contributed by atoms with Crippen molar-refractivity contribution in [1.82, 2.24) is 9.80 Å². The molecule has 7 heteroatoms. The van der Waals surface area contributed by atoms with Gasteiger partial charge >= 0.3 is 6.61 Å². The average molecular weight is 324 g/mol. The molecule has 0 aliphatic carbocycles. The standard InChI is InChI=1S/C16H18F2N2O3/c1-19-13-9-20(7-6-11(13)8-14(19)21)15(22)10-2-4-12(5-3-10)23-16(17)18/h2-5,11,13,16H,6-9H2,1H3/t11-,13-/m1/s1. The molecule has 3 rings (SSSR count). The second-order valence-corrected chi connectivity index (χ2v) is 5.98. The fourth-order valence-electron chi connectivity index (χ4n) is 3.36. The van der Waals surface area contributed by atoms with Crippen LogP contribution in [0, 0.1) is 5.92 Å². The van der Waals surface area contributed by atoms with E-state index in [1.807, 2.05) is 0 Å². The topological polar surface area (TPSA) is 49.9 Å². The Labute approximate surface area is 132 Å². The highest BCUT2D eigenvalue weighted by Gasteiger charge is 2.42. The summed E-state index contributed by atoms with van der Waals surface area (Å²) >= 11 is 0. The Bertz CT molecular complexity index is 606. The van der Waals surface area contributed by atoms with Crippen LogP contribution in [-0.4, -0.2) is 54.4 Å². The van der Waals surface area contributed by atoms with E-state index in [1.165, 1.54) is 24.3 Å².